The molecule has 1 aromatic heterocycles. The zero-order valence-electron chi connectivity index (χ0n) is 20.6. The van der Waals surface area contributed by atoms with Crippen LogP contribution >= 0.6 is 0 Å². The minimum atomic E-state index is -0.928. The molecule has 178 valence electrons. The van der Waals surface area contributed by atoms with Crippen molar-refractivity contribution in [3.63, 3.8) is 0 Å². The molecular formula is C31H32N2O2. The Kier molecular flexibility index (Phi) is 7.11. The second-order valence-corrected chi connectivity index (χ2v) is 9.54. The van der Waals surface area contributed by atoms with E-state index in [1.807, 2.05) is 24.5 Å². The van der Waals surface area contributed by atoms with Gasteiger partial charge in [-0.3, -0.25) is 9.59 Å². The Morgan fingerprint density at radius 3 is 1.66 bits per heavy atom. The SMILES string of the molecule is CC(=O)C(C)(C)C(=O)CCCc1cn(C(c2ccccc2)(c2ccccc2)c2ccccc2)cn1. The maximum Gasteiger partial charge on any atom is 0.145 e. The van der Waals surface area contributed by atoms with Crippen molar-refractivity contribution >= 4 is 11.6 Å². The number of carbonyl (C=O) groups is 2. The van der Waals surface area contributed by atoms with Gasteiger partial charge in [0.15, 0.2) is 0 Å². The van der Waals surface area contributed by atoms with E-state index in [2.05, 4.69) is 83.6 Å². The first-order valence-corrected chi connectivity index (χ1v) is 12.1. The van der Waals surface area contributed by atoms with Gasteiger partial charge in [-0.05, 0) is 50.3 Å². The van der Waals surface area contributed by atoms with Gasteiger partial charge in [0.05, 0.1) is 17.4 Å². The van der Waals surface area contributed by atoms with Crippen LogP contribution in [0, 0.1) is 5.41 Å². The Hall–Kier alpha value is -3.79. The van der Waals surface area contributed by atoms with E-state index in [1.165, 1.54) is 6.92 Å². The lowest BCUT2D eigenvalue weighted by Crippen LogP contribution is -2.36. The van der Waals surface area contributed by atoms with Crippen molar-refractivity contribution < 1.29 is 9.59 Å². The van der Waals surface area contributed by atoms with Crippen LogP contribution in [0.4, 0.5) is 0 Å². The first kappa shape index (κ1) is 24.3. The Labute approximate surface area is 207 Å². The van der Waals surface area contributed by atoms with Gasteiger partial charge in [-0.15, -0.1) is 0 Å². The highest BCUT2D eigenvalue weighted by molar-refractivity contribution is 6.05. The lowest BCUT2D eigenvalue weighted by Gasteiger charge is -2.37. The Balaban J connectivity index is 1.73. The van der Waals surface area contributed by atoms with E-state index in [4.69, 9.17) is 4.98 Å². The molecule has 35 heavy (non-hydrogen) atoms. The standard InChI is InChI=1S/C31H32N2O2/c1-24(34)30(2,3)29(35)21-13-20-28-22-33(23-32-28)31(25-14-7-4-8-15-25,26-16-9-5-10-17-26)27-18-11-6-12-19-27/h4-12,14-19,22-23H,13,20-21H2,1-3H3. The second kappa shape index (κ2) is 10.2. The molecule has 0 fully saturated rings. The van der Waals surface area contributed by atoms with Crippen LogP contribution in [-0.4, -0.2) is 21.1 Å². The fourth-order valence-corrected chi connectivity index (χ4v) is 4.60. The maximum atomic E-state index is 12.6. The van der Waals surface area contributed by atoms with E-state index >= 15 is 0 Å². The van der Waals surface area contributed by atoms with Crippen molar-refractivity contribution in [1.29, 1.82) is 0 Å². The van der Waals surface area contributed by atoms with Gasteiger partial charge in [0.2, 0.25) is 0 Å². The number of imidazole rings is 1. The molecule has 1 heterocycles. The summed E-state index contributed by atoms with van der Waals surface area (Å²) < 4.78 is 2.18. The Bertz CT molecular complexity index is 1180. The summed E-state index contributed by atoms with van der Waals surface area (Å²) >= 11 is 0. The molecule has 0 aliphatic rings. The van der Waals surface area contributed by atoms with Crippen molar-refractivity contribution in [1.82, 2.24) is 9.55 Å². The fourth-order valence-electron chi connectivity index (χ4n) is 4.60. The average Bonchev–Trinajstić information content (AvgIpc) is 3.35. The van der Waals surface area contributed by atoms with Crippen molar-refractivity contribution in [2.75, 3.05) is 0 Å². The number of hydrogen-bond donors (Lipinski definition) is 0. The van der Waals surface area contributed by atoms with Gasteiger partial charge in [0.25, 0.3) is 0 Å². The quantitative estimate of drug-likeness (QED) is 0.206. The van der Waals surface area contributed by atoms with Crippen molar-refractivity contribution in [3.8, 4) is 0 Å². The monoisotopic (exact) mass is 464 g/mol. The highest BCUT2D eigenvalue weighted by Crippen LogP contribution is 2.40. The smallest absolute Gasteiger partial charge is 0.145 e. The topological polar surface area (TPSA) is 52.0 Å². The zero-order valence-corrected chi connectivity index (χ0v) is 20.6. The molecular weight excluding hydrogens is 432 g/mol. The van der Waals surface area contributed by atoms with Gasteiger partial charge in [-0.1, -0.05) is 91.0 Å². The summed E-state index contributed by atoms with van der Waals surface area (Å²) in [7, 11) is 0. The van der Waals surface area contributed by atoms with Crippen LogP contribution in [0.3, 0.4) is 0 Å². The summed E-state index contributed by atoms with van der Waals surface area (Å²) in [6.07, 6.45) is 5.67. The third kappa shape index (κ3) is 4.74. The summed E-state index contributed by atoms with van der Waals surface area (Å²) in [4.78, 5) is 29.1. The second-order valence-electron chi connectivity index (χ2n) is 9.54. The van der Waals surface area contributed by atoms with E-state index in [0.29, 0.717) is 19.3 Å². The Morgan fingerprint density at radius 2 is 1.23 bits per heavy atom. The number of Topliss-reactive ketones (excluding diaryl/α,β-unsaturated/α-hetero) is 2. The van der Waals surface area contributed by atoms with Crippen LogP contribution in [0.25, 0.3) is 0 Å². The normalized spacial score (nSPS) is 11.9. The van der Waals surface area contributed by atoms with Gasteiger partial charge in [0, 0.05) is 12.6 Å². The third-order valence-corrected chi connectivity index (χ3v) is 7.01. The van der Waals surface area contributed by atoms with Crippen molar-refractivity contribution in [3.05, 3.63) is 126 Å². The molecule has 0 atom stereocenters. The number of rotatable bonds is 10. The fraction of sp³-hybridized carbons (Fsp3) is 0.258. The highest BCUT2D eigenvalue weighted by atomic mass is 16.2. The number of carbonyl (C=O) groups excluding carboxylic acids is 2. The number of hydrogen-bond acceptors (Lipinski definition) is 3. The van der Waals surface area contributed by atoms with E-state index in [0.717, 1.165) is 22.4 Å². The molecule has 0 unspecified atom stereocenters. The van der Waals surface area contributed by atoms with Gasteiger partial charge < -0.3 is 4.57 Å². The first-order valence-electron chi connectivity index (χ1n) is 12.1. The summed E-state index contributed by atoms with van der Waals surface area (Å²) in [5.41, 5.74) is 2.81. The molecule has 0 N–H and O–H groups in total. The number of aromatic nitrogens is 2. The van der Waals surface area contributed by atoms with Gasteiger partial charge in [-0.2, -0.15) is 0 Å². The molecule has 4 aromatic rings. The predicted molar refractivity (Wildman–Crippen MR) is 139 cm³/mol. The van der Waals surface area contributed by atoms with E-state index in [9.17, 15) is 9.59 Å². The van der Waals surface area contributed by atoms with Crippen LogP contribution < -0.4 is 0 Å². The van der Waals surface area contributed by atoms with Crippen LogP contribution in [0.2, 0.25) is 0 Å². The Morgan fingerprint density at radius 1 is 0.771 bits per heavy atom. The number of benzene rings is 3. The first-order chi connectivity index (χ1) is 16.9. The number of ketones is 2. The maximum absolute atomic E-state index is 12.6. The number of nitrogens with zero attached hydrogens (tertiary/aromatic N) is 2. The van der Waals surface area contributed by atoms with Gasteiger partial charge in [-0.25, -0.2) is 4.98 Å². The molecule has 0 aliphatic carbocycles. The number of aryl methyl sites for hydroxylation is 1. The lowest BCUT2D eigenvalue weighted by atomic mass is 9.77. The summed E-state index contributed by atoms with van der Waals surface area (Å²) in [6, 6.07) is 31.4. The average molecular weight is 465 g/mol. The van der Waals surface area contributed by atoms with Gasteiger partial charge in [0.1, 0.15) is 17.1 Å². The van der Waals surface area contributed by atoms with E-state index in [-0.39, 0.29) is 11.6 Å². The minimum absolute atomic E-state index is 0.0170. The van der Waals surface area contributed by atoms with Crippen LogP contribution in [0.1, 0.15) is 56.0 Å². The molecule has 0 radical (unpaired) electrons. The lowest BCUT2D eigenvalue weighted by molar-refractivity contribution is -0.137. The predicted octanol–water partition coefficient (Wildman–Crippen LogP) is 6.23. The molecule has 0 aliphatic heterocycles. The molecule has 0 amide bonds. The van der Waals surface area contributed by atoms with Crippen molar-refractivity contribution in [2.45, 2.75) is 45.6 Å². The summed E-state index contributed by atoms with van der Waals surface area (Å²) in [5.74, 6) is -0.109. The summed E-state index contributed by atoms with van der Waals surface area (Å²) in [5, 5.41) is 0. The van der Waals surface area contributed by atoms with E-state index < -0.39 is 11.0 Å². The molecule has 4 nitrogen and oxygen atoms in total. The van der Waals surface area contributed by atoms with Crippen LogP contribution in [-0.2, 0) is 21.5 Å². The molecule has 4 rings (SSSR count). The largest absolute Gasteiger partial charge is 0.319 e. The van der Waals surface area contributed by atoms with Crippen LogP contribution in [0.15, 0.2) is 104 Å². The molecule has 0 saturated heterocycles. The van der Waals surface area contributed by atoms with Crippen LogP contribution in [0.5, 0.6) is 0 Å². The molecule has 3 aromatic carbocycles. The third-order valence-electron chi connectivity index (χ3n) is 7.01. The molecule has 0 spiro atoms. The van der Waals surface area contributed by atoms with Crippen molar-refractivity contribution in [2.24, 2.45) is 5.41 Å². The summed E-state index contributed by atoms with van der Waals surface area (Å²) in [6.45, 7) is 4.90. The molecule has 4 heteroatoms. The molecule has 0 saturated carbocycles. The van der Waals surface area contributed by atoms with E-state index in [1.54, 1.807) is 13.8 Å². The zero-order chi connectivity index (χ0) is 24.9. The van der Waals surface area contributed by atoms with Gasteiger partial charge >= 0.3 is 0 Å². The highest BCUT2D eigenvalue weighted by Gasteiger charge is 2.38. The molecule has 0 bridgehead atoms. The minimum Gasteiger partial charge on any atom is -0.319 e.